The number of carbonyl (C=O) groups is 1. The Hall–Kier alpha value is -2.24. The molecule has 0 radical (unpaired) electrons. The number of amides is 1. The van der Waals surface area contributed by atoms with Crippen LogP contribution in [0.3, 0.4) is 0 Å². The van der Waals surface area contributed by atoms with E-state index in [0.29, 0.717) is 6.54 Å². The number of nitrogens with zero attached hydrogens (tertiary/aromatic N) is 3. The van der Waals surface area contributed by atoms with Gasteiger partial charge in [-0.05, 0) is 70.1 Å². The fourth-order valence-corrected chi connectivity index (χ4v) is 4.96. The van der Waals surface area contributed by atoms with Gasteiger partial charge in [-0.15, -0.1) is 0 Å². The smallest absolute Gasteiger partial charge is 0.260 e. The van der Waals surface area contributed by atoms with E-state index in [-0.39, 0.29) is 5.91 Å². The molecule has 0 saturated carbocycles. The Balaban J connectivity index is 2.02. The quantitative estimate of drug-likeness (QED) is 0.516. The number of aromatic nitrogens is 1. The van der Waals surface area contributed by atoms with Gasteiger partial charge in [0.25, 0.3) is 5.91 Å². The van der Waals surface area contributed by atoms with E-state index in [9.17, 15) is 4.79 Å². The summed E-state index contributed by atoms with van der Waals surface area (Å²) in [6.07, 6.45) is 0. The molecule has 3 rings (SSSR count). The second-order valence-corrected chi connectivity index (χ2v) is 8.79. The van der Waals surface area contributed by atoms with E-state index in [0.717, 1.165) is 57.2 Å². The molecule has 0 unspecified atom stereocenters. The number of anilines is 1. The highest BCUT2D eigenvalue weighted by Gasteiger charge is 2.23. The first-order valence-corrected chi connectivity index (χ1v) is 11.1. The maximum absolute atomic E-state index is 13.5. The summed E-state index contributed by atoms with van der Waals surface area (Å²) in [5, 5.41) is 0.782. The lowest BCUT2D eigenvalue weighted by atomic mass is 10.1. The number of carbonyl (C=O) groups excluding carboxylic acids is 1. The molecule has 0 aliphatic rings. The summed E-state index contributed by atoms with van der Waals surface area (Å²) in [7, 11) is 0. The monoisotopic (exact) mass is 409 g/mol. The van der Waals surface area contributed by atoms with Crippen molar-refractivity contribution in [1.29, 1.82) is 0 Å². The predicted molar refractivity (Wildman–Crippen MR) is 124 cm³/mol. The summed E-state index contributed by atoms with van der Waals surface area (Å²) < 4.78 is 1.14. The first-order chi connectivity index (χ1) is 13.8. The Morgan fingerprint density at radius 1 is 0.897 bits per heavy atom. The van der Waals surface area contributed by atoms with Crippen molar-refractivity contribution in [3.8, 4) is 0 Å². The molecule has 0 atom stereocenters. The van der Waals surface area contributed by atoms with Crippen molar-refractivity contribution in [2.75, 3.05) is 31.1 Å². The first-order valence-electron chi connectivity index (χ1n) is 10.3. The molecule has 0 saturated heterocycles. The number of fused-ring (bicyclic) bond motifs is 1. The number of hydrogen-bond donors (Lipinski definition) is 0. The average Bonchev–Trinajstić information content (AvgIpc) is 3.08. The third-order valence-electron chi connectivity index (χ3n) is 5.30. The molecule has 4 nitrogen and oxygen atoms in total. The molecule has 0 fully saturated rings. The number of aryl methyl sites for hydroxylation is 4. The fourth-order valence-electron chi connectivity index (χ4n) is 3.79. The maximum Gasteiger partial charge on any atom is 0.260 e. The molecule has 154 valence electrons. The molecule has 1 amide bonds. The van der Waals surface area contributed by atoms with Crippen LogP contribution in [-0.4, -0.2) is 42.0 Å². The summed E-state index contributed by atoms with van der Waals surface area (Å²) in [5.74, 6) is 0.0254. The Bertz CT molecular complexity index is 1000. The van der Waals surface area contributed by atoms with Gasteiger partial charge in [-0.1, -0.05) is 48.4 Å². The summed E-state index contributed by atoms with van der Waals surface area (Å²) >= 11 is 1.61. The van der Waals surface area contributed by atoms with Crippen molar-refractivity contribution in [3.05, 3.63) is 58.1 Å². The number of rotatable bonds is 7. The van der Waals surface area contributed by atoms with Crippen molar-refractivity contribution in [3.63, 3.8) is 0 Å². The molecule has 2 aromatic carbocycles. The topological polar surface area (TPSA) is 36.4 Å². The Morgan fingerprint density at radius 3 is 2.14 bits per heavy atom. The van der Waals surface area contributed by atoms with Crippen LogP contribution in [0.4, 0.5) is 5.13 Å². The van der Waals surface area contributed by atoms with Gasteiger partial charge in [-0.3, -0.25) is 9.69 Å². The van der Waals surface area contributed by atoms with Gasteiger partial charge >= 0.3 is 0 Å². The van der Waals surface area contributed by atoms with E-state index < -0.39 is 0 Å². The Kier molecular flexibility index (Phi) is 6.70. The fraction of sp³-hybridized carbons (Fsp3) is 0.417. The summed E-state index contributed by atoms with van der Waals surface area (Å²) in [6.45, 7) is 16.0. The van der Waals surface area contributed by atoms with Gasteiger partial charge in [0.1, 0.15) is 0 Å². The molecular weight excluding hydrogens is 378 g/mol. The summed E-state index contributed by atoms with van der Waals surface area (Å²) in [5.41, 5.74) is 6.32. The van der Waals surface area contributed by atoms with E-state index in [1.54, 1.807) is 11.3 Å². The second kappa shape index (κ2) is 9.06. The van der Waals surface area contributed by atoms with Crippen LogP contribution in [0.15, 0.2) is 30.3 Å². The number of thiazole rings is 1. The van der Waals surface area contributed by atoms with Gasteiger partial charge in [0.05, 0.1) is 10.2 Å². The second-order valence-electron chi connectivity index (χ2n) is 7.79. The molecule has 1 aromatic heterocycles. The van der Waals surface area contributed by atoms with Crippen LogP contribution in [-0.2, 0) is 0 Å². The molecule has 0 spiro atoms. The molecule has 1 heterocycles. The minimum absolute atomic E-state index is 0.0254. The lowest BCUT2D eigenvalue weighted by Gasteiger charge is -2.25. The highest BCUT2D eigenvalue weighted by molar-refractivity contribution is 7.22. The maximum atomic E-state index is 13.5. The van der Waals surface area contributed by atoms with Crippen LogP contribution < -0.4 is 4.90 Å². The SMILES string of the molecule is CCN(CC)CCN(C(=O)c1cc(C)cc(C)c1)c1nc2c(C)cc(C)cc2s1. The number of likely N-dealkylation sites (N-methyl/N-ethyl adjacent to an activating group) is 1. The molecule has 3 aromatic rings. The zero-order valence-electron chi connectivity index (χ0n) is 18.4. The highest BCUT2D eigenvalue weighted by Crippen LogP contribution is 2.32. The van der Waals surface area contributed by atoms with Crippen LogP contribution in [0.25, 0.3) is 10.2 Å². The zero-order chi connectivity index (χ0) is 21.1. The molecule has 0 aliphatic carbocycles. The highest BCUT2D eigenvalue weighted by atomic mass is 32.1. The Labute approximate surface area is 178 Å². The van der Waals surface area contributed by atoms with Gasteiger partial charge in [-0.25, -0.2) is 4.98 Å². The number of hydrogen-bond acceptors (Lipinski definition) is 4. The molecule has 5 heteroatoms. The lowest BCUT2D eigenvalue weighted by molar-refractivity contribution is 0.0983. The van der Waals surface area contributed by atoms with Crippen molar-refractivity contribution < 1.29 is 4.79 Å². The van der Waals surface area contributed by atoms with Crippen molar-refractivity contribution in [2.24, 2.45) is 0 Å². The standard InChI is InChI=1S/C24H31N3OS/c1-7-26(8-2)9-10-27(23(28)20-13-16(3)11-17(4)14-20)24-25-22-19(6)12-18(5)15-21(22)29-24/h11-15H,7-10H2,1-6H3. The largest absolute Gasteiger partial charge is 0.302 e. The van der Waals surface area contributed by atoms with Crippen molar-refractivity contribution >= 4 is 32.6 Å². The molecular formula is C24H31N3OS. The minimum atomic E-state index is 0.0254. The van der Waals surface area contributed by atoms with Gasteiger partial charge < -0.3 is 4.90 Å². The van der Waals surface area contributed by atoms with Crippen LogP contribution in [0.1, 0.15) is 46.5 Å². The lowest BCUT2D eigenvalue weighted by Crippen LogP contribution is -2.39. The molecule has 29 heavy (non-hydrogen) atoms. The molecule has 0 N–H and O–H groups in total. The van der Waals surface area contributed by atoms with Gasteiger partial charge in [0, 0.05) is 18.7 Å². The van der Waals surface area contributed by atoms with Gasteiger partial charge in [0.2, 0.25) is 0 Å². The minimum Gasteiger partial charge on any atom is -0.302 e. The summed E-state index contributed by atoms with van der Waals surface area (Å²) in [6, 6.07) is 10.4. The van der Waals surface area contributed by atoms with Crippen LogP contribution in [0.2, 0.25) is 0 Å². The summed E-state index contributed by atoms with van der Waals surface area (Å²) in [4.78, 5) is 22.6. The molecule has 0 aliphatic heterocycles. The van der Waals surface area contributed by atoms with E-state index in [1.807, 2.05) is 30.9 Å². The van der Waals surface area contributed by atoms with E-state index in [2.05, 4.69) is 50.8 Å². The third-order valence-corrected chi connectivity index (χ3v) is 6.32. The zero-order valence-corrected chi connectivity index (χ0v) is 19.2. The van der Waals surface area contributed by atoms with Crippen molar-refractivity contribution in [1.82, 2.24) is 9.88 Å². The Morgan fingerprint density at radius 2 is 1.52 bits per heavy atom. The van der Waals surface area contributed by atoms with Crippen LogP contribution in [0, 0.1) is 27.7 Å². The van der Waals surface area contributed by atoms with Gasteiger partial charge in [-0.2, -0.15) is 0 Å². The normalized spacial score (nSPS) is 11.4. The van der Waals surface area contributed by atoms with Crippen LogP contribution >= 0.6 is 11.3 Å². The number of benzene rings is 2. The van der Waals surface area contributed by atoms with Crippen molar-refractivity contribution in [2.45, 2.75) is 41.5 Å². The van der Waals surface area contributed by atoms with Crippen LogP contribution in [0.5, 0.6) is 0 Å². The first kappa shape index (κ1) is 21.5. The van der Waals surface area contributed by atoms with Gasteiger partial charge in [0.15, 0.2) is 5.13 Å². The molecule has 0 bridgehead atoms. The van der Waals surface area contributed by atoms with E-state index in [4.69, 9.17) is 4.98 Å². The predicted octanol–water partition coefficient (Wildman–Crippen LogP) is 5.52. The van der Waals surface area contributed by atoms with E-state index >= 15 is 0 Å². The third kappa shape index (κ3) is 4.85. The van der Waals surface area contributed by atoms with E-state index in [1.165, 1.54) is 5.56 Å². The average molecular weight is 410 g/mol.